The fourth-order valence-corrected chi connectivity index (χ4v) is 3.23. The lowest BCUT2D eigenvalue weighted by Crippen LogP contribution is -2.17. The first-order chi connectivity index (χ1) is 16.4. The molecule has 0 atom stereocenters. The molecule has 34 heavy (non-hydrogen) atoms. The van der Waals surface area contributed by atoms with Crippen LogP contribution >= 0.6 is 23.2 Å². The second-order valence-corrected chi connectivity index (χ2v) is 7.59. The van der Waals surface area contributed by atoms with Gasteiger partial charge in [0, 0.05) is 10.6 Å². The molecule has 0 aromatic heterocycles. The smallest absolute Gasteiger partial charge is 0.345 e. The minimum atomic E-state index is -0.658. The summed E-state index contributed by atoms with van der Waals surface area (Å²) in [5.41, 5.74) is 3.64. The molecule has 7 nitrogen and oxygen atoms in total. The van der Waals surface area contributed by atoms with Gasteiger partial charge in [0.1, 0.15) is 12.4 Å². The Balaban J connectivity index is 1.64. The van der Waals surface area contributed by atoms with Gasteiger partial charge in [0.2, 0.25) is 0 Å². The Bertz CT molecular complexity index is 1230. The molecule has 0 fully saturated rings. The zero-order chi connectivity index (χ0) is 24.5. The van der Waals surface area contributed by atoms with Gasteiger partial charge in [-0.25, -0.2) is 10.2 Å². The van der Waals surface area contributed by atoms with E-state index >= 15 is 0 Å². The standard InChI is InChI=1S/C25H20Cl2N2O5/c1-3-12-33-19-8-5-17(6-9-19)24(30)29-28-15-16-4-11-22(23(13-16)32-2)34-25(31)20-10-7-18(26)14-21(20)27/h3-11,13-15H,1,12H2,2H3,(H,29,30)/b28-15-. The van der Waals surface area contributed by atoms with Crippen LogP contribution in [0.25, 0.3) is 0 Å². The number of amides is 1. The van der Waals surface area contributed by atoms with Crippen molar-refractivity contribution >= 4 is 41.3 Å². The summed E-state index contributed by atoms with van der Waals surface area (Å²) in [5, 5.41) is 4.54. The van der Waals surface area contributed by atoms with Gasteiger partial charge < -0.3 is 14.2 Å². The number of hydrogen-bond acceptors (Lipinski definition) is 6. The average Bonchev–Trinajstić information content (AvgIpc) is 2.83. The van der Waals surface area contributed by atoms with Crippen molar-refractivity contribution in [2.75, 3.05) is 13.7 Å². The van der Waals surface area contributed by atoms with E-state index in [9.17, 15) is 9.59 Å². The van der Waals surface area contributed by atoms with Gasteiger partial charge in [-0.05, 0) is 66.2 Å². The number of nitrogens with zero attached hydrogens (tertiary/aromatic N) is 1. The van der Waals surface area contributed by atoms with Crippen molar-refractivity contribution in [3.8, 4) is 17.2 Å². The maximum Gasteiger partial charge on any atom is 0.345 e. The molecule has 174 valence electrons. The summed E-state index contributed by atoms with van der Waals surface area (Å²) in [4.78, 5) is 24.7. The molecule has 1 amide bonds. The van der Waals surface area contributed by atoms with Crippen molar-refractivity contribution in [3.05, 3.63) is 100 Å². The Labute approximate surface area is 206 Å². The van der Waals surface area contributed by atoms with Crippen molar-refractivity contribution < 1.29 is 23.8 Å². The van der Waals surface area contributed by atoms with Crippen molar-refractivity contribution in [1.29, 1.82) is 0 Å². The summed E-state index contributed by atoms with van der Waals surface area (Å²) >= 11 is 11.9. The predicted molar refractivity (Wildman–Crippen MR) is 132 cm³/mol. The highest BCUT2D eigenvalue weighted by Crippen LogP contribution is 2.30. The van der Waals surface area contributed by atoms with Gasteiger partial charge in [0.15, 0.2) is 11.5 Å². The second-order valence-electron chi connectivity index (χ2n) is 6.75. The Hall–Kier alpha value is -3.81. The SMILES string of the molecule is C=CCOc1ccc(C(=O)N/N=C\c2ccc(OC(=O)c3ccc(Cl)cc3Cl)c(OC)c2)cc1. The van der Waals surface area contributed by atoms with E-state index in [1.165, 1.54) is 25.5 Å². The monoisotopic (exact) mass is 498 g/mol. The normalized spacial score (nSPS) is 10.6. The minimum absolute atomic E-state index is 0.168. The average molecular weight is 499 g/mol. The molecular weight excluding hydrogens is 479 g/mol. The molecule has 3 aromatic carbocycles. The van der Waals surface area contributed by atoms with Crippen molar-refractivity contribution in [1.82, 2.24) is 5.43 Å². The van der Waals surface area contributed by atoms with Crippen LogP contribution in [0.3, 0.4) is 0 Å². The van der Waals surface area contributed by atoms with Crippen LogP contribution in [0.15, 0.2) is 78.4 Å². The number of rotatable bonds is 9. The van der Waals surface area contributed by atoms with Crippen LogP contribution in [0.4, 0.5) is 0 Å². The van der Waals surface area contributed by atoms with E-state index in [0.717, 1.165) is 0 Å². The number of benzene rings is 3. The topological polar surface area (TPSA) is 86.2 Å². The number of nitrogens with one attached hydrogen (secondary N) is 1. The Morgan fingerprint density at radius 1 is 1.03 bits per heavy atom. The predicted octanol–water partition coefficient (Wildman–Crippen LogP) is 5.55. The highest BCUT2D eigenvalue weighted by Gasteiger charge is 2.16. The van der Waals surface area contributed by atoms with Gasteiger partial charge in [-0.15, -0.1) is 0 Å². The van der Waals surface area contributed by atoms with Gasteiger partial charge in [-0.3, -0.25) is 4.79 Å². The van der Waals surface area contributed by atoms with Gasteiger partial charge in [0.05, 0.1) is 23.9 Å². The summed E-state index contributed by atoms with van der Waals surface area (Å²) in [6, 6.07) is 15.9. The van der Waals surface area contributed by atoms with E-state index in [0.29, 0.717) is 34.3 Å². The van der Waals surface area contributed by atoms with Crippen LogP contribution in [-0.4, -0.2) is 31.8 Å². The zero-order valence-electron chi connectivity index (χ0n) is 18.1. The first-order valence-corrected chi connectivity index (χ1v) is 10.7. The molecule has 0 aliphatic rings. The summed E-state index contributed by atoms with van der Waals surface area (Å²) in [6.07, 6.45) is 3.07. The third-order valence-electron chi connectivity index (χ3n) is 4.41. The van der Waals surface area contributed by atoms with Crippen LogP contribution in [0, 0.1) is 0 Å². The van der Waals surface area contributed by atoms with E-state index in [1.807, 2.05) is 0 Å². The molecule has 0 saturated carbocycles. The number of carbonyl (C=O) groups excluding carboxylic acids is 2. The number of ether oxygens (including phenoxy) is 3. The number of hydrazone groups is 1. The van der Waals surface area contributed by atoms with E-state index in [1.54, 1.807) is 54.6 Å². The van der Waals surface area contributed by atoms with E-state index < -0.39 is 5.97 Å². The maximum atomic E-state index is 12.5. The Morgan fingerprint density at radius 2 is 1.79 bits per heavy atom. The number of carbonyl (C=O) groups is 2. The lowest BCUT2D eigenvalue weighted by atomic mass is 10.2. The molecule has 3 aromatic rings. The second kappa shape index (κ2) is 11.9. The molecule has 1 N–H and O–H groups in total. The molecule has 0 spiro atoms. The first-order valence-electron chi connectivity index (χ1n) is 9.93. The molecule has 0 radical (unpaired) electrons. The molecule has 9 heteroatoms. The van der Waals surface area contributed by atoms with Crippen molar-refractivity contribution in [3.63, 3.8) is 0 Å². The van der Waals surface area contributed by atoms with E-state index in [4.69, 9.17) is 37.4 Å². The molecule has 0 unspecified atom stereocenters. The highest BCUT2D eigenvalue weighted by molar-refractivity contribution is 6.36. The summed E-state index contributed by atoms with van der Waals surface area (Å²) in [5.74, 6) is 0.0758. The number of esters is 1. The molecule has 0 aliphatic heterocycles. The molecule has 0 bridgehead atoms. The van der Waals surface area contributed by atoms with Crippen LogP contribution in [0.1, 0.15) is 26.3 Å². The van der Waals surface area contributed by atoms with Crippen LogP contribution in [-0.2, 0) is 0 Å². The summed E-state index contributed by atoms with van der Waals surface area (Å²) in [6.45, 7) is 3.96. The van der Waals surface area contributed by atoms with E-state index in [2.05, 4.69) is 17.1 Å². The van der Waals surface area contributed by atoms with Crippen molar-refractivity contribution in [2.24, 2.45) is 5.10 Å². The Morgan fingerprint density at radius 3 is 2.47 bits per heavy atom. The first kappa shape index (κ1) is 24.8. The lowest BCUT2D eigenvalue weighted by Gasteiger charge is -2.10. The maximum absolute atomic E-state index is 12.5. The van der Waals surface area contributed by atoms with Gasteiger partial charge in [-0.1, -0.05) is 35.9 Å². The van der Waals surface area contributed by atoms with Crippen LogP contribution < -0.4 is 19.6 Å². The zero-order valence-corrected chi connectivity index (χ0v) is 19.6. The minimum Gasteiger partial charge on any atom is -0.493 e. The number of methoxy groups -OCH3 is 1. The quantitative estimate of drug-likeness (QED) is 0.137. The largest absolute Gasteiger partial charge is 0.493 e. The lowest BCUT2D eigenvalue weighted by molar-refractivity contribution is 0.0729. The van der Waals surface area contributed by atoms with Gasteiger partial charge >= 0.3 is 5.97 Å². The van der Waals surface area contributed by atoms with Crippen LogP contribution in [0.2, 0.25) is 10.0 Å². The number of hydrogen-bond donors (Lipinski definition) is 1. The van der Waals surface area contributed by atoms with Crippen LogP contribution in [0.5, 0.6) is 17.2 Å². The third kappa shape index (κ3) is 6.60. The van der Waals surface area contributed by atoms with Crippen molar-refractivity contribution in [2.45, 2.75) is 0 Å². The summed E-state index contributed by atoms with van der Waals surface area (Å²) in [7, 11) is 1.44. The van der Waals surface area contributed by atoms with Gasteiger partial charge in [0.25, 0.3) is 5.91 Å². The fourth-order valence-electron chi connectivity index (χ4n) is 2.75. The molecular formula is C25H20Cl2N2O5. The number of halogens is 2. The highest BCUT2D eigenvalue weighted by atomic mass is 35.5. The molecule has 0 aliphatic carbocycles. The Kier molecular flexibility index (Phi) is 8.67. The van der Waals surface area contributed by atoms with E-state index in [-0.39, 0.29) is 22.2 Å². The third-order valence-corrected chi connectivity index (χ3v) is 4.95. The van der Waals surface area contributed by atoms with Gasteiger partial charge in [-0.2, -0.15) is 5.10 Å². The molecule has 0 heterocycles. The summed E-state index contributed by atoms with van der Waals surface area (Å²) < 4.78 is 16.1. The molecule has 0 saturated heterocycles. The fraction of sp³-hybridized carbons (Fsp3) is 0.0800. The molecule has 3 rings (SSSR count).